The molecule has 2 aromatic rings. The van der Waals surface area contributed by atoms with Crippen LogP contribution in [0.15, 0.2) is 71.0 Å². The van der Waals surface area contributed by atoms with Gasteiger partial charge in [0.1, 0.15) is 0 Å². The fraction of sp³-hybridized carbons (Fsp3) is 0.211. The maximum Gasteiger partial charge on any atom is 0.438 e. The van der Waals surface area contributed by atoms with E-state index in [0.29, 0.717) is 16.3 Å². The van der Waals surface area contributed by atoms with Crippen LogP contribution in [0.5, 0.6) is 0 Å². The third-order valence-corrected chi connectivity index (χ3v) is 4.26. The van der Waals surface area contributed by atoms with Crippen LogP contribution in [0.4, 0.5) is 10.5 Å². The molecule has 1 heterocycles. The summed E-state index contributed by atoms with van der Waals surface area (Å²) in [5, 5.41) is 9.85. The Morgan fingerprint density at radius 3 is 2.52 bits per heavy atom. The number of hydroxylamine groups is 1. The minimum atomic E-state index is -1.05. The number of methoxy groups -OCH3 is 1. The van der Waals surface area contributed by atoms with Gasteiger partial charge in [-0.1, -0.05) is 41.9 Å². The normalized spacial score (nSPS) is 17.9. The number of azo groups is 1. The smallest absolute Gasteiger partial charge is 0.438 e. The molecule has 8 heteroatoms. The maximum atomic E-state index is 12.0. The summed E-state index contributed by atoms with van der Waals surface area (Å²) in [4.78, 5) is 17.1. The monoisotopic (exact) mass is 387 g/mol. The van der Waals surface area contributed by atoms with Gasteiger partial charge in [0.2, 0.25) is 5.72 Å². The van der Waals surface area contributed by atoms with Crippen LogP contribution >= 0.6 is 11.6 Å². The van der Waals surface area contributed by atoms with Gasteiger partial charge in [-0.05, 0) is 24.3 Å². The summed E-state index contributed by atoms with van der Waals surface area (Å²) in [5.41, 5.74) is 0.963. The van der Waals surface area contributed by atoms with Crippen molar-refractivity contribution < 1.29 is 19.1 Å². The molecule has 3 rings (SSSR count). The number of nitrogens with zero attached hydrogens (tertiary/aromatic N) is 3. The number of carbonyl (C=O) groups excluding carboxylic acids is 1. The number of rotatable bonds is 6. The average Bonchev–Trinajstić information content (AvgIpc) is 3.18. The van der Waals surface area contributed by atoms with Crippen LogP contribution in [-0.4, -0.2) is 20.3 Å². The minimum absolute atomic E-state index is 0.152. The SMILES string of the molecule is COC(=O)N(OC)c1ccccc1COC1(c2ccc(Cl)cc2)C=CN=N1. The fourth-order valence-corrected chi connectivity index (χ4v) is 2.79. The molecule has 0 radical (unpaired) electrons. The van der Waals surface area contributed by atoms with Gasteiger partial charge in [-0.3, -0.25) is 4.84 Å². The Morgan fingerprint density at radius 2 is 1.89 bits per heavy atom. The van der Waals surface area contributed by atoms with Crippen molar-refractivity contribution >= 4 is 23.4 Å². The number of ether oxygens (including phenoxy) is 2. The topological polar surface area (TPSA) is 72.7 Å². The van der Waals surface area contributed by atoms with Crippen molar-refractivity contribution in [3.63, 3.8) is 0 Å². The van der Waals surface area contributed by atoms with Crippen molar-refractivity contribution in [2.45, 2.75) is 12.3 Å². The number of carbonyl (C=O) groups is 1. The van der Waals surface area contributed by atoms with Crippen molar-refractivity contribution in [1.82, 2.24) is 0 Å². The Labute approximate surface area is 161 Å². The number of anilines is 1. The van der Waals surface area contributed by atoms with Crippen LogP contribution in [0.1, 0.15) is 11.1 Å². The third kappa shape index (κ3) is 4.00. The summed E-state index contributed by atoms with van der Waals surface area (Å²) >= 11 is 5.98. The number of amides is 1. The quantitative estimate of drug-likeness (QED) is 0.666. The molecule has 0 saturated carbocycles. The molecule has 0 bridgehead atoms. The lowest BCUT2D eigenvalue weighted by Crippen LogP contribution is -2.31. The van der Waals surface area contributed by atoms with Crippen molar-refractivity contribution in [1.29, 1.82) is 0 Å². The maximum absolute atomic E-state index is 12.0. The predicted octanol–water partition coefficient (Wildman–Crippen LogP) is 4.82. The van der Waals surface area contributed by atoms with Gasteiger partial charge >= 0.3 is 6.09 Å². The molecule has 1 unspecified atom stereocenters. The van der Waals surface area contributed by atoms with Gasteiger partial charge in [-0.2, -0.15) is 10.2 Å². The van der Waals surface area contributed by atoms with Gasteiger partial charge < -0.3 is 9.47 Å². The zero-order valence-electron chi connectivity index (χ0n) is 14.8. The van der Waals surface area contributed by atoms with Crippen molar-refractivity contribution in [3.05, 3.63) is 77.0 Å². The first-order valence-corrected chi connectivity index (χ1v) is 8.47. The molecule has 27 heavy (non-hydrogen) atoms. The Hall–Kier alpha value is -2.74. The van der Waals surface area contributed by atoms with Crippen molar-refractivity contribution in [2.24, 2.45) is 10.2 Å². The van der Waals surface area contributed by atoms with Gasteiger partial charge in [-0.25, -0.2) is 4.79 Å². The van der Waals surface area contributed by atoms with Gasteiger partial charge in [0, 0.05) is 16.1 Å². The summed E-state index contributed by atoms with van der Waals surface area (Å²) in [6, 6.07) is 14.4. The summed E-state index contributed by atoms with van der Waals surface area (Å²) in [5.74, 6) is 0. The largest absolute Gasteiger partial charge is 0.451 e. The van der Waals surface area contributed by atoms with E-state index in [4.69, 9.17) is 25.9 Å². The first kappa shape index (κ1) is 19.0. The molecule has 0 spiro atoms. The fourth-order valence-electron chi connectivity index (χ4n) is 2.66. The zero-order valence-corrected chi connectivity index (χ0v) is 15.6. The highest BCUT2D eigenvalue weighted by molar-refractivity contribution is 6.30. The second-order valence-corrected chi connectivity index (χ2v) is 6.04. The molecule has 0 fully saturated rings. The van der Waals surface area contributed by atoms with Crippen LogP contribution in [-0.2, 0) is 26.6 Å². The van der Waals surface area contributed by atoms with Crippen LogP contribution in [0.3, 0.4) is 0 Å². The molecule has 1 aliphatic rings. The van der Waals surface area contributed by atoms with E-state index in [0.717, 1.165) is 10.6 Å². The molecule has 2 aromatic carbocycles. The van der Waals surface area contributed by atoms with E-state index in [1.165, 1.54) is 14.2 Å². The molecule has 0 saturated heterocycles. The van der Waals surface area contributed by atoms with Gasteiger partial charge in [-0.15, -0.1) is 5.11 Å². The lowest BCUT2D eigenvalue weighted by molar-refractivity contribution is -0.0194. The number of hydrogen-bond acceptors (Lipinski definition) is 6. The third-order valence-electron chi connectivity index (χ3n) is 4.01. The minimum Gasteiger partial charge on any atom is -0.451 e. The van der Waals surface area contributed by atoms with Gasteiger partial charge in [0.05, 0.1) is 32.7 Å². The van der Waals surface area contributed by atoms with E-state index in [-0.39, 0.29) is 6.61 Å². The van der Waals surface area contributed by atoms with E-state index >= 15 is 0 Å². The first-order chi connectivity index (χ1) is 13.1. The molecule has 1 atom stereocenters. The standard InChI is InChI=1S/C19H18ClN3O4/c1-25-18(24)23(26-2)17-6-4-3-5-14(17)13-27-19(11-12-21-22-19)15-7-9-16(20)10-8-15/h3-12H,13H2,1-2H3. The summed E-state index contributed by atoms with van der Waals surface area (Å²) in [6.45, 7) is 0.152. The predicted molar refractivity (Wildman–Crippen MR) is 100 cm³/mol. The van der Waals surface area contributed by atoms with Gasteiger partial charge in [0.25, 0.3) is 0 Å². The highest BCUT2D eigenvalue weighted by Crippen LogP contribution is 2.35. The molecule has 1 aliphatic heterocycles. The number of benzene rings is 2. The molecular formula is C19H18ClN3O4. The van der Waals surface area contributed by atoms with E-state index in [2.05, 4.69) is 10.2 Å². The molecule has 0 aliphatic carbocycles. The number of halogens is 1. The van der Waals surface area contributed by atoms with Gasteiger partial charge in [0.15, 0.2) is 0 Å². The summed E-state index contributed by atoms with van der Waals surface area (Å²) in [7, 11) is 2.67. The number of hydrogen-bond donors (Lipinski definition) is 0. The van der Waals surface area contributed by atoms with Crippen molar-refractivity contribution in [2.75, 3.05) is 19.3 Å². The molecule has 7 nitrogen and oxygen atoms in total. The van der Waals surface area contributed by atoms with Crippen LogP contribution < -0.4 is 5.06 Å². The van der Waals surface area contributed by atoms with E-state index < -0.39 is 11.8 Å². The van der Waals surface area contributed by atoms with Crippen LogP contribution in [0.25, 0.3) is 0 Å². The molecule has 0 aromatic heterocycles. The second kappa shape index (κ2) is 8.30. The van der Waals surface area contributed by atoms with E-state index in [1.54, 1.807) is 36.5 Å². The lowest BCUT2D eigenvalue weighted by Gasteiger charge is -2.26. The Morgan fingerprint density at radius 1 is 1.15 bits per heavy atom. The molecular weight excluding hydrogens is 370 g/mol. The molecule has 1 amide bonds. The highest BCUT2D eigenvalue weighted by Gasteiger charge is 2.33. The van der Waals surface area contributed by atoms with Crippen LogP contribution in [0.2, 0.25) is 5.02 Å². The summed E-state index contributed by atoms with van der Waals surface area (Å²) in [6.07, 6.45) is 2.70. The van der Waals surface area contributed by atoms with Crippen molar-refractivity contribution in [3.8, 4) is 0 Å². The molecule has 0 N–H and O–H groups in total. The summed E-state index contributed by atoms with van der Waals surface area (Å²) < 4.78 is 10.9. The zero-order chi connectivity index (χ0) is 19.3. The van der Waals surface area contributed by atoms with E-state index in [9.17, 15) is 4.79 Å². The molecule has 140 valence electrons. The van der Waals surface area contributed by atoms with E-state index in [1.807, 2.05) is 24.3 Å². The van der Waals surface area contributed by atoms with Crippen LogP contribution in [0, 0.1) is 0 Å². The first-order valence-electron chi connectivity index (χ1n) is 8.09. The Bertz CT molecular complexity index is 856. The Balaban J connectivity index is 1.87. The lowest BCUT2D eigenvalue weighted by atomic mass is 10.0. The number of para-hydroxylation sites is 1. The second-order valence-electron chi connectivity index (χ2n) is 5.60. The average molecular weight is 388 g/mol. The highest BCUT2D eigenvalue weighted by atomic mass is 35.5. The Kier molecular flexibility index (Phi) is 5.85.